The lowest BCUT2D eigenvalue weighted by molar-refractivity contribution is -0.269. The number of rotatable bonds is 8. The van der Waals surface area contributed by atoms with Crippen LogP contribution < -0.4 is 16.3 Å². The van der Waals surface area contributed by atoms with Crippen molar-refractivity contribution in [2.75, 3.05) is 0 Å². The van der Waals surface area contributed by atoms with E-state index < -0.39 is 39.1 Å². The van der Waals surface area contributed by atoms with Crippen LogP contribution in [0, 0.1) is 5.82 Å². The monoisotopic (exact) mass is 685 g/mol. The minimum absolute atomic E-state index is 0.0377. The molecule has 0 fully saturated rings. The van der Waals surface area contributed by atoms with Gasteiger partial charge in [-0.3, -0.25) is 25.4 Å². The van der Waals surface area contributed by atoms with Gasteiger partial charge in [0.25, 0.3) is 5.91 Å². The number of benzene rings is 4. The molecule has 1 unspecified atom stereocenters. The van der Waals surface area contributed by atoms with Crippen LogP contribution in [0.4, 0.5) is 17.6 Å². The summed E-state index contributed by atoms with van der Waals surface area (Å²) in [5.74, 6) is -1.54. The summed E-state index contributed by atoms with van der Waals surface area (Å²) < 4.78 is 57.4. The number of fused-ring (bicyclic) bond motifs is 1. The van der Waals surface area contributed by atoms with Crippen molar-refractivity contribution in [2.24, 2.45) is 0 Å². The van der Waals surface area contributed by atoms with Gasteiger partial charge in [-0.1, -0.05) is 76.7 Å². The molecule has 14 heteroatoms. The molecule has 5 rings (SSSR count). The Labute approximate surface area is 268 Å². The molecule has 4 aromatic rings. The zero-order chi connectivity index (χ0) is 31.6. The Kier molecular flexibility index (Phi) is 9.31. The predicted molar refractivity (Wildman–Crippen MR) is 161 cm³/mol. The van der Waals surface area contributed by atoms with Crippen molar-refractivity contribution in [1.82, 2.24) is 16.3 Å². The van der Waals surface area contributed by atoms with Gasteiger partial charge in [-0.15, -0.1) is 0 Å². The van der Waals surface area contributed by atoms with Crippen molar-refractivity contribution < 1.29 is 32.0 Å². The molecule has 1 amide bonds. The van der Waals surface area contributed by atoms with Crippen LogP contribution in [-0.4, -0.2) is 12.1 Å². The Bertz CT molecular complexity index is 1770. The fourth-order valence-electron chi connectivity index (χ4n) is 4.57. The quantitative estimate of drug-likeness (QED) is 0.0748. The van der Waals surface area contributed by atoms with Crippen LogP contribution in [-0.2, 0) is 21.9 Å². The second-order valence-corrected chi connectivity index (χ2v) is 11.1. The number of carbonyl (C=O) groups excluding carboxylic acids is 1. The average molecular weight is 687 g/mol. The van der Waals surface area contributed by atoms with Crippen molar-refractivity contribution in [3.05, 3.63) is 133 Å². The molecule has 1 heterocycles. The zero-order valence-electron chi connectivity index (χ0n) is 22.0. The van der Waals surface area contributed by atoms with E-state index in [9.17, 15) is 22.4 Å². The minimum atomic E-state index is -4.99. The Hall–Kier alpha value is -3.51. The molecule has 4 aromatic carbocycles. The molecular weight excluding hydrogens is 668 g/mol. The second-order valence-electron chi connectivity index (χ2n) is 9.45. The van der Waals surface area contributed by atoms with Gasteiger partial charge in [-0.05, 0) is 58.8 Å². The number of halogens is 8. The molecule has 0 bridgehead atoms. The minimum Gasteiger partial charge on any atom is -0.327 e. The summed E-state index contributed by atoms with van der Waals surface area (Å²) in [5.41, 5.74) is 2.62. The molecule has 3 N–H and O–H groups in total. The van der Waals surface area contributed by atoms with Crippen LogP contribution >= 0.6 is 46.4 Å². The maximum Gasteiger partial charge on any atom is 0.428 e. The molecule has 0 radical (unpaired) electrons. The van der Waals surface area contributed by atoms with E-state index in [1.165, 1.54) is 24.5 Å². The fourth-order valence-corrected chi connectivity index (χ4v) is 5.63. The Morgan fingerprint density at radius 1 is 0.932 bits per heavy atom. The third kappa shape index (κ3) is 6.46. The Balaban J connectivity index is 1.37. The van der Waals surface area contributed by atoms with E-state index in [4.69, 9.17) is 56.1 Å². The van der Waals surface area contributed by atoms with E-state index in [2.05, 4.69) is 16.3 Å². The third-order valence-electron chi connectivity index (χ3n) is 6.57. The first-order chi connectivity index (χ1) is 20.9. The summed E-state index contributed by atoms with van der Waals surface area (Å²) in [5, 5.41) is 3.26. The van der Waals surface area contributed by atoms with E-state index in [0.717, 1.165) is 23.8 Å². The summed E-state index contributed by atoms with van der Waals surface area (Å²) >= 11 is 23.5. The lowest BCUT2D eigenvalue weighted by Crippen LogP contribution is -2.42. The molecule has 0 spiro atoms. The molecule has 0 saturated heterocycles. The second kappa shape index (κ2) is 12.8. The molecule has 228 valence electrons. The van der Waals surface area contributed by atoms with Crippen LogP contribution in [0.3, 0.4) is 0 Å². The third-order valence-corrected chi connectivity index (χ3v) is 7.56. The first kappa shape index (κ1) is 31.9. The number of carbonyl (C=O) groups is 1. The average Bonchev–Trinajstić information content (AvgIpc) is 3.43. The van der Waals surface area contributed by atoms with Crippen molar-refractivity contribution in [1.29, 1.82) is 0 Å². The topological polar surface area (TPSA) is 71.6 Å². The standard InChI is InChI=1S/C30H19Cl4F4N3O3/c31-18-9-16(10-19(32)13-18)15-43-40-8-7-39-28(42)23-6-5-22(20-3-1-2-4-21(20)23)26-14-29(44-41-26,30(36,37)38)17-11-24(33)27(35)25(34)12-17/h1-14,40-41H,15H2,(H,39,42). The van der Waals surface area contributed by atoms with Crippen molar-refractivity contribution >= 4 is 68.8 Å². The molecule has 0 aromatic heterocycles. The lowest BCUT2D eigenvalue weighted by Gasteiger charge is -2.28. The van der Waals surface area contributed by atoms with Crippen LogP contribution in [0.2, 0.25) is 20.1 Å². The molecule has 44 heavy (non-hydrogen) atoms. The summed E-state index contributed by atoms with van der Waals surface area (Å²) in [6.07, 6.45) is -1.50. The molecular formula is C30H19Cl4F4N3O3. The largest absolute Gasteiger partial charge is 0.428 e. The molecule has 1 aliphatic heterocycles. The molecule has 6 nitrogen and oxygen atoms in total. The van der Waals surface area contributed by atoms with E-state index in [1.807, 2.05) is 0 Å². The first-order valence-electron chi connectivity index (χ1n) is 12.6. The van der Waals surface area contributed by atoms with Gasteiger partial charge in [0, 0.05) is 39.1 Å². The van der Waals surface area contributed by atoms with Crippen LogP contribution in [0.5, 0.6) is 0 Å². The highest BCUT2D eigenvalue weighted by Gasteiger charge is 2.60. The number of hydrogen-bond acceptors (Lipinski definition) is 5. The summed E-state index contributed by atoms with van der Waals surface area (Å²) in [6.45, 7) is 0.148. The SMILES string of the molecule is O=C(NC=CNOCc1cc(Cl)cc(Cl)c1)c1ccc(C2=CC(c3cc(Cl)c(F)c(Cl)c3)(C(F)(F)F)ON2)c2ccccc12. The zero-order valence-corrected chi connectivity index (χ0v) is 25.1. The summed E-state index contributed by atoms with van der Waals surface area (Å²) in [6, 6.07) is 16.2. The Morgan fingerprint density at radius 3 is 2.25 bits per heavy atom. The summed E-state index contributed by atoms with van der Waals surface area (Å²) in [4.78, 5) is 23.5. The van der Waals surface area contributed by atoms with Crippen molar-refractivity contribution in [3.8, 4) is 0 Å². The molecule has 0 aliphatic carbocycles. The number of alkyl halides is 3. The number of amides is 1. The highest BCUT2D eigenvalue weighted by Crippen LogP contribution is 2.49. The van der Waals surface area contributed by atoms with Crippen LogP contribution in [0.25, 0.3) is 16.5 Å². The van der Waals surface area contributed by atoms with Gasteiger partial charge in [0.2, 0.25) is 5.60 Å². The highest BCUT2D eigenvalue weighted by molar-refractivity contribution is 6.35. The van der Waals surface area contributed by atoms with E-state index >= 15 is 0 Å². The molecule has 1 atom stereocenters. The van der Waals surface area contributed by atoms with Gasteiger partial charge >= 0.3 is 6.18 Å². The van der Waals surface area contributed by atoms with Gasteiger partial charge in [0.05, 0.1) is 22.3 Å². The van der Waals surface area contributed by atoms with Crippen molar-refractivity contribution in [2.45, 2.75) is 18.4 Å². The number of nitrogens with one attached hydrogen (secondary N) is 3. The normalized spacial score (nSPS) is 16.7. The molecule has 1 aliphatic rings. The predicted octanol–water partition coefficient (Wildman–Crippen LogP) is 8.85. The number of hydroxylamine groups is 2. The highest BCUT2D eigenvalue weighted by atomic mass is 35.5. The van der Waals surface area contributed by atoms with Crippen molar-refractivity contribution in [3.63, 3.8) is 0 Å². The van der Waals surface area contributed by atoms with Crippen LogP contribution in [0.15, 0.2) is 85.2 Å². The smallest absolute Gasteiger partial charge is 0.327 e. The van der Waals surface area contributed by atoms with E-state index in [-0.39, 0.29) is 17.9 Å². The van der Waals surface area contributed by atoms with Gasteiger partial charge < -0.3 is 5.32 Å². The number of hydrogen-bond donors (Lipinski definition) is 3. The van der Waals surface area contributed by atoms with Crippen LogP contribution in [0.1, 0.15) is 27.0 Å². The first-order valence-corrected chi connectivity index (χ1v) is 14.1. The van der Waals surface area contributed by atoms with Gasteiger partial charge in [-0.25, -0.2) is 4.39 Å². The maximum atomic E-state index is 14.5. The van der Waals surface area contributed by atoms with E-state index in [0.29, 0.717) is 26.4 Å². The lowest BCUT2D eigenvalue weighted by atomic mass is 9.90. The fraction of sp³-hybridized carbons (Fsp3) is 0.100. The van der Waals surface area contributed by atoms with Gasteiger partial charge in [-0.2, -0.15) is 13.2 Å². The summed E-state index contributed by atoms with van der Waals surface area (Å²) in [7, 11) is 0. The van der Waals surface area contributed by atoms with E-state index in [1.54, 1.807) is 42.5 Å². The van der Waals surface area contributed by atoms with Gasteiger partial charge in [0.1, 0.15) is 0 Å². The van der Waals surface area contributed by atoms with Gasteiger partial charge in [0.15, 0.2) is 5.82 Å². The molecule has 0 saturated carbocycles. The maximum absolute atomic E-state index is 14.5. The Morgan fingerprint density at radius 2 is 1.59 bits per heavy atom.